The molecule has 3 heterocycles. The summed E-state index contributed by atoms with van der Waals surface area (Å²) in [7, 11) is -3.31. The fourth-order valence-electron chi connectivity index (χ4n) is 4.42. The minimum Gasteiger partial charge on any atom is -0.340 e. The lowest BCUT2D eigenvalue weighted by molar-refractivity contribution is -0.135. The SMILES string of the molecule is CCCS(=O)(=O)N1CCCCC1C(=O)N1CCC(N2CCCC2)C1. The van der Waals surface area contributed by atoms with E-state index in [4.69, 9.17) is 0 Å². The predicted octanol–water partition coefficient (Wildman–Crippen LogP) is 1.28. The Morgan fingerprint density at radius 1 is 1.00 bits per heavy atom. The Hall–Kier alpha value is -0.660. The highest BCUT2D eigenvalue weighted by atomic mass is 32.2. The van der Waals surface area contributed by atoms with Crippen LogP contribution in [0, 0.1) is 0 Å². The van der Waals surface area contributed by atoms with Crippen LogP contribution in [-0.2, 0) is 14.8 Å². The molecule has 0 saturated carbocycles. The van der Waals surface area contributed by atoms with Gasteiger partial charge in [-0.1, -0.05) is 13.3 Å². The third-order valence-electron chi connectivity index (χ3n) is 5.69. The summed E-state index contributed by atoms with van der Waals surface area (Å²) in [4.78, 5) is 17.4. The molecule has 3 rings (SSSR count). The van der Waals surface area contributed by atoms with Crippen LogP contribution < -0.4 is 0 Å². The van der Waals surface area contributed by atoms with E-state index in [9.17, 15) is 13.2 Å². The van der Waals surface area contributed by atoms with E-state index in [1.807, 2.05) is 11.8 Å². The summed E-state index contributed by atoms with van der Waals surface area (Å²) in [5.41, 5.74) is 0. The largest absolute Gasteiger partial charge is 0.340 e. The summed E-state index contributed by atoms with van der Waals surface area (Å²) in [5, 5.41) is 0. The molecule has 2 atom stereocenters. The second-order valence-electron chi connectivity index (χ2n) is 7.41. The van der Waals surface area contributed by atoms with Gasteiger partial charge < -0.3 is 4.90 Å². The number of hydrogen-bond donors (Lipinski definition) is 0. The molecule has 6 nitrogen and oxygen atoms in total. The normalized spacial score (nSPS) is 30.1. The van der Waals surface area contributed by atoms with E-state index in [-0.39, 0.29) is 11.7 Å². The van der Waals surface area contributed by atoms with Crippen LogP contribution in [0.3, 0.4) is 0 Å². The van der Waals surface area contributed by atoms with Crippen LogP contribution >= 0.6 is 0 Å². The van der Waals surface area contributed by atoms with Gasteiger partial charge in [0, 0.05) is 25.7 Å². The third kappa shape index (κ3) is 3.78. The van der Waals surface area contributed by atoms with E-state index in [1.54, 1.807) is 0 Å². The number of amides is 1. The Morgan fingerprint density at radius 3 is 2.42 bits per heavy atom. The highest BCUT2D eigenvalue weighted by Gasteiger charge is 2.40. The zero-order valence-electron chi connectivity index (χ0n) is 14.8. The molecule has 0 aromatic carbocycles. The van der Waals surface area contributed by atoms with Gasteiger partial charge in [-0.05, 0) is 51.6 Å². The van der Waals surface area contributed by atoms with Gasteiger partial charge in [0.1, 0.15) is 6.04 Å². The van der Waals surface area contributed by atoms with Crippen molar-refractivity contribution in [1.82, 2.24) is 14.1 Å². The molecule has 3 aliphatic rings. The van der Waals surface area contributed by atoms with E-state index in [0.717, 1.165) is 45.4 Å². The molecule has 0 aromatic rings. The molecule has 7 heteroatoms. The molecule has 24 heavy (non-hydrogen) atoms. The highest BCUT2D eigenvalue weighted by Crippen LogP contribution is 2.26. The monoisotopic (exact) mass is 357 g/mol. The first kappa shape index (κ1) is 18.1. The molecule has 3 saturated heterocycles. The number of carbonyl (C=O) groups is 1. The van der Waals surface area contributed by atoms with Crippen molar-refractivity contribution < 1.29 is 13.2 Å². The van der Waals surface area contributed by atoms with Crippen LogP contribution in [0.2, 0.25) is 0 Å². The first-order valence-corrected chi connectivity index (χ1v) is 11.2. The summed E-state index contributed by atoms with van der Waals surface area (Å²) in [6, 6.07) is 0.00775. The first-order chi connectivity index (χ1) is 11.5. The molecule has 2 unspecified atom stereocenters. The number of piperidine rings is 1. The highest BCUT2D eigenvalue weighted by molar-refractivity contribution is 7.89. The predicted molar refractivity (Wildman–Crippen MR) is 94.2 cm³/mol. The van der Waals surface area contributed by atoms with Gasteiger partial charge in [-0.2, -0.15) is 4.31 Å². The first-order valence-electron chi connectivity index (χ1n) is 9.55. The maximum atomic E-state index is 13.0. The summed E-state index contributed by atoms with van der Waals surface area (Å²) in [6.45, 7) is 6.22. The second kappa shape index (κ2) is 7.70. The smallest absolute Gasteiger partial charge is 0.241 e. The Labute approximate surface area is 146 Å². The number of hydrogen-bond acceptors (Lipinski definition) is 4. The molecular weight excluding hydrogens is 326 g/mol. The number of likely N-dealkylation sites (tertiary alicyclic amines) is 2. The Morgan fingerprint density at radius 2 is 1.71 bits per heavy atom. The van der Waals surface area contributed by atoms with Gasteiger partial charge in [0.05, 0.1) is 5.75 Å². The Balaban J connectivity index is 1.66. The van der Waals surface area contributed by atoms with Crippen molar-refractivity contribution in [3.63, 3.8) is 0 Å². The van der Waals surface area contributed by atoms with Crippen molar-refractivity contribution in [3.8, 4) is 0 Å². The van der Waals surface area contributed by atoms with E-state index >= 15 is 0 Å². The summed E-state index contributed by atoms with van der Waals surface area (Å²) in [5.74, 6) is 0.184. The van der Waals surface area contributed by atoms with Crippen molar-refractivity contribution in [2.24, 2.45) is 0 Å². The fraction of sp³-hybridized carbons (Fsp3) is 0.941. The van der Waals surface area contributed by atoms with Crippen molar-refractivity contribution in [2.45, 2.75) is 64.0 Å². The minimum atomic E-state index is -3.31. The van der Waals surface area contributed by atoms with Crippen molar-refractivity contribution in [3.05, 3.63) is 0 Å². The molecule has 3 aliphatic heterocycles. The number of sulfonamides is 1. The van der Waals surface area contributed by atoms with Crippen LogP contribution in [0.1, 0.15) is 51.9 Å². The molecule has 3 fully saturated rings. The summed E-state index contributed by atoms with van der Waals surface area (Å²) in [6.07, 6.45) is 6.63. The molecule has 138 valence electrons. The zero-order valence-corrected chi connectivity index (χ0v) is 15.6. The van der Waals surface area contributed by atoms with Crippen molar-refractivity contribution >= 4 is 15.9 Å². The van der Waals surface area contributed by atoms with Gasteiger partial charge in [0.25, 0.3) is 0 Å². The molecule has 0 aromatic heterocycles. The summed E-state index contributed by atoms with van der Waals surface area (Å²) >= 11 is 0. The van der Waals surface area contributed by atoms with E-state index in [1.165, 1.54) is 17.1 Å². The number of carbonyl (C=O) groups excluding carboxylic acids is 1. The fourth-order valence-corrected chi connectivity index (χ4v) is 6.16. The van der Waals surface area contributed by atoms with Gasteiger partial charge in [-0.15, -0.1) is 0 Å². The quantitative estimate of drug-likeness (QED) is 0.744. The van der Waals surface area contributed by atoms with Crippen LogP contribution in [-0.4, -0.2) is 79.0 Å². The number of rotatable bonds is 5. The molecule has 0 aliphatic carbocycles. The lowest BCUT2D eigenvalue weighted by Crippen LogP contribution is -2.53. The summed E-state index contributed by atoms with van der Waals surface area (Å²) < 4.78 is 26.6. The van der Waals surface area contributed by atoms with Crippen LogP contribution in [0.4, 0.5) is 0 Å². The van der Waals surface area contributed by atoms with Gasteiger partial charge >= 0.3 is 0 Å². The lowest BCUT2D eigenvalue weighted by atomic mass is 10.0. The topological polar surface area (TPSA) is 60.9 Å². The maximum absolute atomic E-state index is 13.0. The van der Waals surface area contributed by atoms with Gasteiger partial charge in [-0.25, -0.2) is 8.42 Å². The standard InChI is InChI=1S/C17H31N3O3S/c1-2-13-24(22,23)20-11-4-3-7-16(20)17(21)19-12-8-15(14-19)18-9-5-6-10-18/h15-16H,2-14H2,1H3. The third-order valence-corrected chi connectivity index (χ3v) is 7.77. The number of nitrogens with zero attached hydrogens (tertiary/aromatic N) is 3. The molecule has 0 spiro atoms. The van der Waals surface area contributed by atoms with Crippen LogP contribution in [0.5, 0.6) is 0 Å². The Bertz CT molecular complexity index is 545. The average molecular weight is 358 g/mol. The molecule has 1 amide bonds. The molecule has 0 bridgehead atoms. The van der Waals surface area contributed by atoms with Gasteiger partial charge in [0.2, 0.25) is 15.9 Å². The van der Waals surface area contributed by atoms with E-state index < -0.39 is 16.1 Å². The minimum absolute atomic E-state index is 0.0380. The van der Waals surface area contributed by atoms with E-state index in [0.29, 0.717) is 25.4 Å². The lowest BCUT2D eigenvalue weighted by Gasteiger charge is -2.36. The van der Waals surface area contributed by atoms with Crippen molar-refractivity contribution in [1.29, 1.82) is 0 Å². The second-order valence-corrected chi connectivity index (χ2v) is 9.45. The zero-order chi connectivity index (χ0) is 17.2. The van der Waals surface area contributed by atoms with Crippen LogP contribution in [0.25, 0.3) is 0 Å². The van der Waals surface area contributed by atoms with Crippen LogP contribution in [0.15, 0.2) is 0 Å². The van der Waals surface area contributed by atoms with E-state index in [2.05, 4.69) is 4.90 Å². The van der Waals surface area contributed by atoms with Crippen molar-refractivity contribution in [2.75, 3.05) is 38.5 Å². The Kier molecular flexibility index (Phi) is 5.82. The molecular formula is C17H31N3O3S. The average Bonchev–Trinajstić information content (AvgIpc) is 3.25. The van der Waals surface area contributed by atoms with Gasteiger partial charge in [0.15, 0.2) is 0 Å². The van der Waals surface area contributed by atoms with Gasteiger partial charge in [-0.3, -0.25) is 9.69 Å². The molecule has 0 N–H and O–H groups in total. The molecule has 0 radical (unpaired) electrons. The maximum Gasteiger partial charge on any atom is 0.241 e.